The Balaban J connectivity index is 3.23. The number of nitrogens with zero attached hydrogens (tertiary/aromatic N) is 1. The van der Waals surface area contributed by atoms with Crippen LogP contribution in [-0.4, -0.2) is 30.3 Å². The van der Waals surface area contributed by atoms with E-state index in [4.69, 9.17) is 0 Å². The summed E-state index contributed by atoms with van der Waals surface area (Å²) < 4.78 is 0. The lowest BCUT2D eigenvalue weighted by molar-refractivity contribution is -0.119. The van der Waals surface area contributed by atoms with Crippen LogP contribution in [0.5, 0.6) is 0 Å². The van der Waals surface area contributed by atoms with Gasteiger partial charge in [0, 0.05) is 12.8 Å². The lowest BCUT2D eigenvalue weighted by atomic mass is 10.0. The maximum absolute atomic E-state index is 12.1. The molecule has 33 heavy (non-hydrogen) atoms. The first-order chi connectivity index (χ1) is 16.2. The van der Waals surface area contributed by atoms with Crippen molar-refractivity contribution >= 4 is 5.78 Å². The third-order valence-electron chi connectivity index (χ3n) is 7.07. The van der Waals surface area contributed by atoms with E-state index in [1.165, 1.54) is 142 Å². The van der Waals surface area contributed by atoms with E-state index in [0.717, 1.165) is 32.2 Å². The van der Waals surface area contributed by atoms with Crippen molar-refractivity contribution in [2.75, 3.05) is 19.6 Å². The summed E-state index contributed by atoms with van der Waals surface area (Å²) in [6, 6.07) is 0. The lowest BCUT2D eigenvalue weighted by Crippen LogP contribution is -2.26. The number of ketones is 1. The van der Waals surface area contributed by atoms with Gasteiger partial charge < -0.3 is 4.90 Å². The van der Waals surface area contributed by atoms with Gasteiger partial charge in [0.15, 0.2) is 0 Å². The molecule has 0 rings (SSSR count). The maximum Gasteiger partial charge on any atom is 0.132 e. The molecule has 0 aromatic carbocycles. The first-order valence-electron chi connectivity index (χ1n) is 15.5. The predicted octanol–water partition coefficient (Wildman–Crippen LogP) is 10.3. The summed E-state index contributed by atoms with van der Waals surface area (Å²) in [5, 5.41) is 0. The Bertz CT molecular complexity index is 375. The molecule has 2 nitrogen and oxygen atoms in total. The molecule has 0 spiro atoms. The molecule has 0 bridgehead atoms. The molecule has 0 saturated heterocycles. The van der Waals surface area contributed by atoms with Crippen LogP contribution in [0.2, 0.25) is 0 Å². The van der Waals surface area contributed by atoms with E-state index >= 15 is 0 Å². The fourth-order valence-corrected chi connectivity index (χ4v) is 4.99. The third-order valence-corrected chi connectivity index (χ3v) is 7.07. The van der Waals surface area contributed by atoms with Crippen molar-refractivity contribution < 1.29 is 4.79 Å². The van der Waals surface area contributed by atoms with Gasteiger partial charge in [-0.25, -0.2) is 0 Å². The molecule has 0 aromatic rings. The SMILES string of the molecule is CCCCCCCCCCCCCCCCCCCCCC(=O)CCCN(CCC)CCC. The molecular weight excluding hydrogens is 402 g/mol. The predicted molar refractivity (Wildman–Crippen MR) is 149 cm³/mol. The molecule has 0 N–H and O–H groups in total. The van der Waals surface area contributed by atoms with Gasteiger partial charge in [-0.2, -0.15) is 0 Å². The normalized spacial score (nSPS) is 11.5. The fraction of sp³-hybridized carbons (Fsp3) is 0.968. The number of hydrogen-bond acceptors (Lipinski definition) is 2. The molecule has 0 amide bonds. The molecule has 0 aliphatic rings. The van der Waals surface area contributed by atoms with Crippen LogP contribution in [0, 0.1) is 0 Å². The zero-order chi connectivity index (χ0) is 24.2. The molecule has 2 heteroatoms. The van der Waals surface area contributed by atoms with Crippen LogP contribution in [0.3, 0.4) is 0 Å². The average Bonchev–Trinajstić information content (AvgIpc) is 2.81. The monoisotopic (exact) mass is 465 g/mol. The lowest BCUT2D eigenvalue weighted by Gasteiger charge is -2.20. The van der Waals surface area contributed by atoms with Crippen LogP contribution >= 0.6 is 0 Å². The van der Waals surface area contributed by atoms with Crippen LogP contribution in [0.25, 0.3) is 0 Å². The molecule has 0 atom stereocenters. The van der Waals surface area contributed by atoms with Crippen molar-refractivity contribution in [1.29, 1.82) is 0 Å². The Labute approximate surface area is 210 Å². The molecule has 0 unspecified atom stereocenters. The van der Waals surface area contributed by atoms with E-state index in [-0.39, 0.29) is 0 Å². The number of Topliss-reactive ketones (excluding diaryl/α,β-unsaturated/α-hetero) is 1. The number of carbonyl (C=O) groups is 1. The van der Waals surface area contributed by atoms with Gasteiger partial charge in [0.2, 0.25) is 0 Å². The third kappa shape index (κ3) is 26.1. The first-order valence-corrected chi connectivity index (χ1v) is 15.5. The first kappa shape index (κ1) is 32.6. The van der Waals surface area contributed by atoms with Gasteiger partial charge >= 0.3 is 0 Å². The highest BCUT2D eigenvalue weighted by Crippen LogP contribution is 2.15. The summed E-state index contributed by atoms with van der Waals surface area (Å²) in [6.45, 7) is 10.2. The van der Waals surface area contributed by atoms with E-state index in [1.54, 1.807) is 0 Å². The van der Waals surface area contributed by atoms with Gasteiger partial charge in [-0.1, -0.05) is 136 Å². The number of unbranched alkanes of at least 4 members (excludes halogenated alkanes) is 18. The highest BCUT2D eigenvalue weighted by molar-refractivity contribution is 5.78. The van der Waals surface area contributed by atoms with Crippen molar-refractivity contribution in [3.05, 3.63) is 0 Å². The topological polar surface area (TPSA) is 20.3 Å². The van der Waals surface area contributed by atoms with Gasteiger partial charge in [-0.05, 0) is 45.3 Å². The largest absolute Gasteiger partial charge is 0.303 e. The van der Waals surface area contributed by atoms with Gasteiger partial charge in [-0.15, -0.1) is 0 Å². The Morgan fingerprint density at radius 1 is 0.394 bits per heavy atom. The smallest absolute Gasteiger partial charge is 0.132 e. The van der Waals surface area contributed by atoms with E-state index in [0.29, 0.717) is 5.78 Å². The van der Waals surface area contributed by atoms with Gasteiger partial charge in [0.25, 0.3) is 0 Å². The van der Waals surface area contributed by atoms with E-state index < -0.39 is 0 Å². The van der Waals surface area contributed by atoms with Gasteiger partial charge in [0.05, 0.1) is 0 Å². The molecule has 198 valence electrons. The van der Waals surface area contributed by atoms with Crippen LogP contribution in [0.1, 0.15) is 175 Å². The molecule has 0 aliphatic carbocycles. The fourth-order valence-electron chi connectivity index (χ4n) is 4.99. The summed E-state index contributed by atoms with van der Waals surface area (Å²) >= 11 is 0. The van der Waals surface area contributed by atoms with Gasteiger partial charge in [-0.3, -0.25) is 4.79 Å². The summed E-state index contributed by atoms with van der Waals surface area (Å²) in [6.07, 6.45) is 31.8. The highest BCUT2D eigenvalue weighted by Gasteiger charge is 2.06. The van der Waals surface area contributed by atoms with Crippen molar-refractivity contribution in [3.8, 4) is 0 Å². The second-order valence-corrected chi connectivity index (χ2v) is 10.6. The Morgan fingerprint density at radius 2 is 0.727 bits per heavy atom. The number of rotatable bonds is 28. The molecule has 0 saturated carbocycles. The quantitative estimate of drug-likeness (QED) is 0.107. The molecule has 0 heterocycles. The number of carbonyl (C=O) groups excluding carboxylic acids is 1. The second-order valence-electron chi connectivity index (χ2n) is 10.6. The van der Waals surface area contributed by atoms with Crippen molar-refractivity contribution in [2.45, 2.75) is 175 Å². The minimum absolute atomic E-state index is 0.495. The van der Waals surface area contributed by atoms with E-state index in [2.05, 4.69) is 25.7 Å². The number of hydrogen-bond donors (Lipinski definition) is 0. The van der Waals surface area contributed by atoms with Crippen molar-refractivity contribution in [1.82, 2.24) is 4.90 Å². The summed E-state index contributed by atoms with van der Waals surface area (Å²) in [4.78, 5) is 14.6. The van der Waals surface area contributed by atoms with Crippen LogP contribution < -0.4 is 0 Å². The van der Waals surface area contributed by atoms with Gasteiger partial charge in [0.1, 0.15) is 5.78 Å². The maximum atomic E-state index is 12.1. The Morgan fingerprint density at radius 3 is 1.09 bits per heavy atom. The molecule has 0 aromatic heterocycles. The zero-order valence-corrected chi connectivity index (χ0v) is 23.4. The van der Waals surface area contributed by atoms with Crippen LogP contribution in [0.15, 0.2) is 0 Å². The van der Waals surface area contributed by atoms with E-state index in [9.17, 15) is 4.79 Å². The molecule has 0 fully saturated rings. The zero-order valence-electron chi connectivity index (χ0n) is 23.4. The summed E-state index contributed by atoms with van der Waals surface area (Å²) in [5.74, 6) is 0.495. The summed E-state index contributed by atoms with van der Waals surface area (Å²) in [7, 11) is 0. The highest BCUT2D eigenvalue weighted by atomic mass is 16.1. The van der Waals surface area contributed by atoms with Crippen molar-refractivity contribution in [3.63, 3.8) is 0 Å². The molecular formula is C31H63NO. The Hall–Kier alpha value is -0.370. The Kier molecular flexibility index (Phi) is 27.6. The molecule has 0 radical (unpaired) electrons. The molecule has 0 aliphatic heterocycles. The van der Waals surface area contributed by atoms with E-state index in [1.807, 2.05) is 0 Å². The minimum Gasteiger partial charge on any atom is -0.303 e. The second kappa shape index (κ2) is 27.9. The average molecular weight is 466 g/mol. The minimum atomic E-state index is 0.495. The van der Waals surface area contributed by atoms with Crippen LogP contribution in [0.4, 0.5) is 0 Å². The standard InChI is InChI=1S/C31H63NO/c1-4-7-8-9-10-11-12-13-14-15-16-17-18-19-20-21-22-23-24-26-31(33)27-25-30-32(28-5-2)29-6-3/h4-30H2,1-3H3. The van der Waals surface area contributed by atoms with Crippen molar-refractivity contribution in [2.24, 2.45) is 0 Å². The summed E-state index contributed by atoms with van der Waals surface area (Å²) in [5.41, 5.74) is 0. The van der Waals surface area contributed by atoms with Crippen LogP contribution in [-0.2, 0) is 4.79 Å².